The standard InChI is InChI=1S/C27H38FN7O2/c1-4-27(10-6-11-27)35(19-36)25-21(7-5-12-29-20(2)37)18-30-26(32-25)31-22-8-9-24(23(28)17-22)34-15-13-33(3)14-16-34/h8-9,17-19H,4-7,10-16H2,1-3H3,(H,29,37)(H,30,31,32). The van der Waals surface area contributed by atoms with Crippen LogP contribution in [0.25, 0.3) is 0 Å². The van der Waals surface area contributed by atoms with Gasteiger partial charge in [-0.15, -0.1) is 0 Å². The maximum absolute atomic E-state index is 15.0. The van der Waals surface area contributed by atoms with Crippen LogP contribution in [0.5, 0.6) is 0 Å². The van der Waals surface area contributed by atoms with Crippen molar-refractivity contribution in [3.05, 3.63) is 35.8 Å². The van der Waals surface area contributed by atoms with E-state index in [-0.39, 0.29) is 17.3 Å². The second kappa shape index (κ2) is 11.9. The van der Waals surface area contributed by atoms with E-state index in [9.17, 15) is 9.59 Å². The Bertz CT molecular complexity index is 1090. The predicted octanol–water partition coefficient (Wildman–Crippen LogP) is 3.48. The van der Waals surface area contributed by atoms with Gasteiger partial charge in [-0.1, -0.05) is 6.92 Å². The van der Waals surface area contributed by atoms with Gasteiger partial charge in [-0.3, -0.25) is 14.5 Å². The molecule has 2 fully saturated rings. The lowest BCUT2D eigenvalue weighted by atomic mass is 9.73. The summed E-state index contributed by atoms with van der Waals surface area (Å²) in [4.78, 5) is 38.8. The highest BCUT2D eigenvalue weighted by Gasteiger charge is 2.42. The first-order chi connectivity index (χ1) is 17.8. The molecular weight excluding hydrogens is 473 g/mol. The lowest BCUT2D eigenvalue weighted by molar-refractivity contribution is -0.119. The lowest BCUT2D eigenvalue weighted by Gasteiger charge is -2.48. The third kappa shape index (κ3) is 6.18. The Kier molecular flexibility index (Phi) is 8.58. The average Bonchev–Trinajstić information content (AvgIpc) is 2.85. The molecule has 1 aromatic carbocycles. The van der Waals surface area contributed by atoms with Gasteiger partial charge < -0.3 is 20.4 Å². The highest BCUT2D eigenvalue weighted by molar-refractivity contribution is 5.78. The SMILES string of the molecule is CCC1(N(C=O)c2nc(Nc3ccc(N4CCN(C)CC4)c(F)c3)ncc2CCCNC(C)=O)CCC1. The predicted molar refractivity (Wildman–Crippen MR) is 144 cm³/mol. The normalized spacial score (nSPS) is 17.1. The van der Waals surface area contributed by atoms with Crippen LogP contribution in [0, 0.1) is 5.82 Å². The summed E-state index contributed by atoms with van der Waals surface area (Å²) in [6.45, 7) is 7.50. The smallest absolute Gasteiger partial charge is 0.229 e. The minimum Gasteiger partial charge on any atom is -0.367 e. The van der Waals surface area contributed by atoms with E-state index < -0.39 is 0 Å². The second-order valence-electron chi connectivity index (χ2n) is 10.1. The number of aromatic nitrogens is 2. The van der Waals surface area contributed by atoms with E-state index in [1.54, 1.807) is 17.2 Å². The quantitative estimate of drug-likeness (QED) is 0.352. The molecule has 1 aliphatic heterocycles. The monoisotopic (exact) mass is 511 g/mol. The molecule has 0 unspecified atom stereocenters. The summed E-state index contributed by atoms with van der Waals surface area (Å²) >= 11 is 0. The zero-order valence-electron chi connectivity index (χ0n) is 22.1. The number of hydrogen-bond acceptors (Lipinski definition) is 7. The lowest BCUT2D eigenvalue weighted by Crippen LogP contribution is -2.53. The topological polar surface area (TPSA) is 93.7 Å². The van der Waals surface area contributed by atoms with Gasteiger partial charge in [0.15, 0.2) is 0 Å². The fourth-order valence-corrected chi connectivity index (χ4v) is 5.14. The summed E-state index contributed by atoms with van der Waals surface area (Å²) in [6, 6.07) is 5.09. The molecule has 1 saturated heterocycles. The molecule has 2 amide bonds. The van der Waals surface area contributed by atoms with Crippen molar-refractivity contribution in [3.63, 3.8) is 0 Å². The molecule has 2 heterocycles. The number of carbonyl (C=O) groups is 2. The zero-order valence-corrected chi connectivity index (χ0v) is 22.1. The molecule has 0 spiro atoms. The van der Waals surface area contributed by atoms with Crippen LogP contribution in [0.15, 0.2) is 24.4 Å². The Morgan fingerprint density at radius 1 is 1.24 bits per heavy atom. The van der Waals surface area contributed by atoms with E-state index >= 15 is 4.39 Å². The molecule has 0 radical (unpaired) electrons. The number of aryl methyl sites for hydroxylation is 1. The van der Waals surface area contributed by atoms with Crippen molar-refractivity contribution < 1.29 is 14.0 Å². The van der Waals surface area contributed by atoms with Gasteiger partial charge in [-0.25, -0.2) is 9.37 Å². The molecule has 2 N–H and O–H groups in total. The first-order valence-electron chi connectivity index (χ1n) is 13.2. The number of benzene rings is 1. The molecule has 1 saturated carbocycles. The minimum absolute atomic E-state index is 0.0733. The van der Waals surface area contributed by atoms with Crippen molar-refractivity contribution >= 4 is 35.5 Å². The minimum atomic E-state index is -0.293. The van der Waals surface area contributed by atoms with Crippen LogP contribution in [0.2, 0.25) is 0 Å². The van der Waals surface area contributed by atoms with E-state index in [0.29, 0.717) is 42.5 Å². The first kappa shape index (κ1) is 26.8. The van der Waals surface area contributed by atoms with Crippen LogP contribution in [0.3, 0.4) is 0 Å². The maximum Gasteiger partial charge on any atom is 0.229 e. The highest BCUT2D eigenvalue weighted by Crippen LogP contribution is 2.42. The van der Waals surface area contributed by atoms with E-state index in [2.05, 4.69) is 39.4 Å². The van der Waals surface area contributed by atoms with Crippen LogP contribution < -0.4 is 20.4 Å². The molecule has 2 aromatic rings. The van der Waals surface area contributed by atoms with E-state index in [1.807, 2.05) is 6.07 Å². The van der Waals surface area contributed by atoms with E-state index in [0.717, 1.165) is 63.8 Å². The molecule has 4 rings (SSSR count). The van der Waals surface area contributed by atoms with Gasteiger partial charge in [0.05, 0.1) is 5.69 Å². The summed E-state index contributed by atoms with van der Waals surface area (Å²) in [7, 11) is 2.07. The Morgan fingerprint density at radius 2 is 2.00 bits per heavy atom. The summed E-state index contributed by atoms with van der Waals surface area (Å²) in [5.74, 6) is 0.519. The van der Waals surface area contributed by atoms with Gasteiger partial charge in [-0.2, -0.15) is 4.98 Å². The van der Waals surface area contributed by atoms with Gasteiger partial charge in [0, 0.05) is 62.6 Å². The number of nitrogens with zero attached hydrogens (tertiary/aromatic N) is 5. The van der Waals surface area contributed by atoms with Crippen molar-refractivity contribution in [2.75, 3.05) is 54.9 Å². The number of halogens is 1. The van der Waals surface area contributed by atoms with Crippen LogP contribution >= 0.6 is 0 Å². The van der Waals surface area contributed by atoms with Crippen molar-refractivity contribution in [2.24, 2.45) is 0 Å². The number of likely N-dealkylation sites (N-methyl/N-ethyl adjacent to an activating group) is 1. The molecule has 0 atom stereocenters. The molecule has 10 heteroatoms. The number of rotatable bonds is 11. The maximum atomic E-state index is 15.0. The van der Waals surface area contributed by atoms with Crippen LogP contribution in [-0.4, -0.2) is 72.5 Å². The number of carbonyl (C=O) groups excluding carboxylic acids is 2. The van der Waals surface area contributed by atoms with E-state index in [1.165, 1.54) is 13.0 Å². The fraction of sp³-hybridized carbons (Fsp3) is 0.556. The largest absolute Gasteiger partial charge is 0.367 e. The number of nitrogens with one attached hydrogen (secondary N) is 2. The molecule has 2 aliphatic rings. The second-order valence-corrected chi connectivity index (χ2v) is 10.1. The molecule has 200 valence electrons. The van der Waals surface area contributed by atoms with Crippen molar-refractivity contribution in [1.82, 2.24) is 20.2 Å². The Morgan fingerprint density at radius 3 is 2.59 bits per heavy atom. The summed E-state index contributed by atoms with van der Waals surface area (Å²) < 4.78 is 15.0. The molecular formula is C27H38FN7O2. The number of hydrogen-bond donors (Lipinski definition) is 2. The summed E-state index contributed by atoms with van der Waals surface area (Å²) in [5.41, 5.74) is 1.75. The van der Waals surface area contributed by atoms with Crippen molar-refractivity contribution in [3.8, 4) is 0 Å². The third-order valence-corrected chi connectivity index (χ3v) is 7.67. The van der Waals surface area contributed by atoms with Gasteiger partial charge in [0.1, 0.15) is 11.6 Å². The van der Waals surface area contributed by atoms with Gasteiger partial charge in [-0.05, 0) is 63.8 Å². The average molecular weight is 512 g/mol. The molecule has 1 aromatic heterocycles. The molecule has 37 heavy (non-hydrogen) atoms. The summed E-state index contributed by atoms with van der Waals surface area (Å²) in [6.07, 6.45) is 7.69. The molecule has 1 aliphatic carbocycles. The van der Waals surface area contributed by atoms with Gasteiger partial charge in [0.2, 0.25) is 18.3 Å². The third-order valence-electron chi connectivity index (χ3n) is 7.67. The van der Waals surface area contributed by atoms with E-state index in [4.69, 9.17) is 4.98 Å². The van der Waals surface area contributed by atoms with Crippen LogP contribution in [0.4, 0.5) is 27.5 Å². The van der Waals surface area contributed by atoms with Crippen LogP contribution in [0.1, 0.15) is 51.5 Å². The van der Waals surface area contributed by atoms with Gasteiger partial charge >= 0.3 is 0 Å². The van der Waals surface area contributed by atoms with Gasteiger partial charge in [0.25, 0.3) is 0 Å². The zero-order chi connectivity index (χ0) is 26.4. The fourth-order valence-electron chi connectivity index (χ4n) is 5.14. The van der Waals surface area contributed by atoms with Crippen molar-refractivity contribution in [1.29, 1.82) is 0 Å². The highest BCUT2D eigenvalue weighted by atomic mass is 19.1. The Labute approximate surface area is 218 Å². The van der Waals surface area contributed by atoms with Crippen molar-refractivity contribution in [2.45, 2.75) is 57.9 Å². The number of amides is 2. The summed E-state index contributed by atoms with van der Waals surface area (Å²) in [5, 5.41) is 5.93. The van der Waals surface area contributed by atoms with Crippen LogP contribution in [-0.2, 0) is 16.0 Å². The Balaban J connectivity index is 1.56. The Hall–Kier alpha value is -3.27. The number of anilines is 4. The molecule has 9 nitrogen and oxygen atoms in total. The first-order valence-corrected chi connectivity index (χ1v) is 13.2. The molecule has 0 bridgehead atoms. The number of piperazine rings is 1.